The van der Waals surface area contributed by atoms with E-state index in [-0.39, 0.29) is 11.7 Å². The molecule has 132 valence electrons. The summed E-state index contributed by atoms with van der Waals surface area (Å²) in [5, 5.41) is 0. The molecule has 0 atom stereocenters. The Balaban J connectivity index is 2.30. The third-order valence-electron chi connectivity index (χ3n) is 4.00. The van der Waals surface area contributed by atoms with E-state index in [0.29, 0.717) is 6.42 Å². The summed E-state index contributed by atoms with van der Waals surface area (Å²) >= 11 is 0. The zero-order chi connectivity index (χ0) is 18.6. The van der Waals surface area contributed by atoms with Gasteiger partial charge in [0.25, 0.3) is 0 Å². The lowest BCUT2D eigenvalue weighted by molar-refractivity contribution is -0.137. The predicted molar refractivity (Wildman–Crippen MR) is 93.5 cm³/mol. The molecule has 0 amide bonds. The van der Waals surface area contributed by atoms with Gasteiger partial charge in [0.2, 0.25) is 0 Å². The maximum atomic E-state index is 13.1. The van der Waals surface area contributed by atoms with Crippen molar-refractivity contribution in [2.75, 3.05) is 0 Å². The van der Waals surface area contributed by atoms with E-state index >= 15 is 0 Å². The lowest BCUT2D eigenvalue weighted by Gasteiger charge is -2.15. The van der Waals surface area contributed by atoms with Crippen LogP contribution in [-0.4, -0.2) is 0 Å². The third kappa shape index (κ3) is 5.31. The fourth-order valence-corrected chi connectivity index (χ4v) is 2.42. The van der Waals surface area contributed by atoms with Crippen LogP contribution in [0.4, 0.5) is 17.6 Å². The van der Waals surface area contributed by atoms with Crippen LogP contribution >= 0.6 is 0 Å². The molecule has 0 nitrogen and oxygen atoms in total. The Hall–Kier alpha value is -2.36. The summed E-state index contributed by atoms with van der Waals surface area (Å²) in [5.41, 5.74) is 2.75. The van der Waals surface area contributed by atoms with Gasteiger partial charge in [0, 0.05) is 0 Å². The number of hydrogen-bond donors (Lipinski definition) is 0. The van der Waals surface area contributed by atoms with Crippen LogP contribution in [0, 0.1) is 11.7 Å². The highest BCUT2D eigenvalue weighted by Crippen LogP contribution is 2.30. The molecule has 0 bridgehead atoms. The lowest BCUT2D eigenvalue weighted by atomic mass is 9.90. The molecule has 0 radical (unpaired) electrons. The number of rotatable bonds is 5. The van der Waals surface area contributed by atoms with Crippen molar-refractivity contribution in [3.8, 4) is 0 Å². The summed E-state index contributed by atoms with van der Waals surface area (Å²) in [6, 6.07) is 11.2. The minimum absolute atomic E-state index is 0.196. The number of allylic oxidation sites excluding steroid dienone is 2. The molecule has 4 heteroatoms. The Morgan fingerprint density at radius 2 is 1.56 bits per heavy atom. The number of hydrogen-bond acceptors (Lipinski definition) is 0. The summed E-state index contributed by atoms with van der Waals surface area (Å²) in [4.78, 5) is 0. The maximum absolute atomic E-state index is 13.1. The van der Waals surface area contributed by atoms with E-state index in [1.807, 2.05) is 19.9 Å². The normalized spacial score (nSPS) is 12.5. The lowest BCUT2D eigenvalue weighted by Crippen LogP contribution is -2.05. The zero-order valence-electron chi connectivity index (χ0n) is 14.2. The highest BCUT2D eigenvalue weighted by Gasteiger charge is 2.29. The highest BCUT2D eigenvalue weighted by atomic mass is 19.4. The van der Waals surface area contributed by atoms with Gasteiger partial charge in [-0.05, 0) is 58.9 Å². The number of alkyl halides is 3. The quantitative estimate of drug-likeness (QED) is 0.417. The molecule has 2 aromatic carbocycles. The van der Waals surface area contributed by atoms with E-state index in [1.54, 1.807) is 12.1 Å². The van der Waals surface area contributed by atoms with Crippen molar-refractivity contribution in [3.05, 3.63) is 88.8 Å². The average molecular weight is 348 g/mol. The van der Waals surface area contributed by atoms with Gasteiger partial charge in [-0.15, -0.1) is 0 Å². The minimum Gasteiger partial charge on any atom is -0.207 e. The molecule has 0 saturated heterocycles. The summed E-state index contributed by atoms with van der Waals surface area (Å²) in [6.45, 7) is 8.11. The van der Waals surface area contributed by atoms with E-state index in [9.17, 15) is 17.6 Å². The molecule has 0 aromatic heterocycles. The molecule has 0 aliphatic heterocycles. The predicted octanol–water partition coefficient (Wildman–Crippen LogP) is 6.68. The van der Waals surface area contributed by atoms with E-state index in [0.717, 1.165) is 34.4 Å². The molecule has 0 unspecified atom stereocenters. The first-order valence-electron chi connectivity index (χ1n) is 7.98. The van der Waals surface area contributed by atoms with E-state index in [2.05, 4.69) is 6.58 Å². The maximum Gasteiger partial charge on any atom is 0.416 e. The van der Waals surface area contributed by atoms with Crippen LogP contribution in [-0.2, 0) is 12.6 Å². The number of benzene rings is 2. The van der Waals surface area contributed by atoms with Crippen LogP contribution in [0.25, 0.3) is 6.08 Å². The highest BCUT2D eigenvalue weighted by molar-refractivity contribution is 5.59. The van der Waals surface area contributed by atoms with Gasteiger partial charge < -0.3 is 0 Å². The second-order valence-corrected chi connectivity index (χ2v) is 6.27. The van der Waals surface area contributed by atoms with Crippen molar-refractivity contribution < 1.29 is 17.6 Å². The first kappa shape index (κ1) is 19.0. The van der Waals surface area contributed by atoms with Gasteiger partial charge >= 0.3 is 6.18 Å². The van der Waals surface area contributed by atoms with E-state index in [1.165, 1.54) is 24.3 Å². The van der Waals surface area contributed by atoms with Crippen LogP contribution < -0.4 is 0 Å². The fraction of sp³-hybridized carbons (Fsp3) is 0.238. The van der Waals surface area contributed by atoms with Crippen molar-refractivity contribution >= 4 is 6.08 Å². The summed E-state index contributed by atoms with van der Waals surface area (Å²) in [5.74, 6) is -0.120. The van der Waals surface area contributed by atoms with E-state index in [4.69, 9.17) is 0 Å². The first-order valence-corrected chi connectivity index (χ1v) is 7.98. The molecule has 0 spiro atoms. The van der Waals surface area contributed by atoms with Crippen molar-refractivity contribution in [3.63, 3.8) is 0 Å². The zero-order valence-corrected chi connectivity index (χ0v) is 14.2. The molecular formula is C21H20F4. The topological polar surface area (TPSA) is 0 Å². The van der Waals surface area contributed by atoms with Gasteiger partial charge in [-0.3, -0.25) is 0 Å². The molecule has 0 aliphatic carbocycles. The molecule has 2 rings (SSSR count). The Labute approximate surface area is 145 Å². The molecule has 0 aliphatic rings. The van der Waals surface area contributed by atoms with Crippen molar-refractivity contribution in [1.82, 2.24) is 0 Å². The molecular weight excluding hydrogens is 328 g/mol. The van der Waals surface area contributed by atoms with Crippen LogP contribution in [0.15, 0.2) is 66.3 Å². The van der Waals surface area contributed by atoms with Gasteiger partial charge in [0.05, 0.1) is 5.56 Å². The third-order valence-corrected chi connectivity index (χ3v) is 4.00. The fourth-order valence-electron chi connectivity index (χ4n) is 2.42. The van der Waals surface area contributed by atoms with Gasteiger partial charge in [-0.25, -0.2) is 4.39 Å². The second-order valence-electron chi connectivity index (χ2n) is 6.27. The second kappa shape index (κ2) is 7.68. The van der Waals surface area contributed by atoms with Crippen LogP contribution in [0.3, 0.4) is 0 Å². The molecule has 0 fully saturated rings. The Morgan fingerprint density at radius 1 is 1.00 bits per heavy atom. The smallest absolute Gasteiger partial charge is 0.207 e. The largest absolute Gasteiger partial charge is 0.416 e. The molecule has 0 N–H and O–H groups in total. The molecule has 0 heterocycles. The summed E-state index contributed by atoms with van der Waals surface area (Å²) in [7, 11) is 0. The van der Waals surface area contributed by atoms with Crippen LogP contribution in [0.1, 0.15) is 30.5 Å². The van der Waals surface area contributed by atoms with Gasteiger partial charge in [0.1, 0.15) is 5.82 Å². The molecule has 2 aromatic rings. The van der Waals surface area contributed by atoms with Gasteiger partial charge in [-0.2, -0.15) is 13.2 Å². The Kier molecular flexibility index (Phi) is 5.83. The van der Waals surface area contributed by atoms with Crippen molar-refractivity contribution in [1.29, 1.82) is 0 Å². The van der Waals surface area contributed by atoms with Gasteiger partial charge in [0.15, 0.2) is 0 Å². The molecule has 25 heavy (non-hydrogen) atoms. The Morgan fingerprint density at radius 3 is 2.04 bits per heavy atom. The molecule has 0 saturated carbocycles. The monoisotopic (exact) mass is 348 g/mol. The SMILES string of the molecule is C=C(/C(=C/c1ccc(F)cc1)Cc1ccc(C(F)(F)F)cc1)C(C)C. The van der Waals surface area contributed by atoms with E-state index < -0.39 is 11.7 Å². The summed E-state index contributed by atoms with van der Waals surface area (Å²) < 4.78 is 51.1. The van der Waals surface area contributed by atoms with Gasteiger partial charge in [-0.1, -0.05) is 50.8 Å². The minimum atomic E-state index is -4.34. The summed E-state index contributed by atoms with van der Waals surface area (Å²) in [6.07, 6.45) is -1.97. The van der Waals surface area contributed by atoms with Crippen LogP contribution in [0.5, 0.6) is 0 Å². The number of halogens is 4. The van der Waals surface area contributed by atoms with Crippen LogP contribution in [0.2, 0.25) is 0 Å². The van der Waals surface area contributed by atoms with Crippen molar-refractivity contribution in [2.24, 2.45) is 5.92 Å². The first-order chi connectivity index (χ1) is 11.7. The van der Waals surface area contributed by atoms with Crippen molar-refractivity contribution in [2.45, 2.75) is 26.4 Å². The standard InChI is InChI=1S/C21H20F4/c1-14(2)15(3)18(13-17-6-10-20(22)11-7-17)12-16-4-8-19(9-5-16)21(23,24)25/h4-11,13-14H,3,12H2,1-2H3/b18-13+. The average Bonchev–Trinajstić information content (AvgIpc) is 2.55. The Bertz CT molecular complexity index is 748.